The summed E-state index contributed by atoms with van der Waals surface area (Å²) >= 11 is 1.38. The quantitative estimate of drug-likeness (QED) is 0.562. The van der Waals surface area contributed by atoms with E-state index < -0.39 is 15.6 Å². The highest BCUT2D eigenvalue weighted by Crippen LogP contribution is 2.26. The van der Waals surface area contributed by atoms with Crippen molar-refractivity contribution in [3.63, 3.8) is 0 Å². The van der Waals surface area contributed by atoms with Gasteiger partial charge < -0.3 is 5.43 Å². The van der Waals surface area contributed by atoms with Gasteiger partial charge in [0.1, 0.15) is 9.90 Å². The van der Waals surface area contributed by atoms with Crippen LogP contribution in [0.3, 0.4) is 0 Å². The lowest BCUT2D eigenvalue weighted by Gasteiger charge is -2.24. The lowest BCUT2D eigenvalue weighted by Crippen LogP contribution is -2.41. The molecule has 9 heteroatoms. The SMILES string of the molecule is CC(C)(NS(=O)(=O)c1cnccc1NN)c1nccs1. The van der Waals surface area contributed by atoms with Crippen LogP contribution in [0.5, 0.6) is 0 Å². The van der Waals surface area contributed by atoms with Gasteiger partial charge in [-0.3, -0.25) is 10.8 Å². The van der Waals surface area contributed by atoms with Gasteiger partial charge >= 0.3 is 0 Å². The molecule has 108 valence electrons. The summed E-state index contributed by atoms with van der Waals surface area (Å²) in [7, 11) is -3.78. The zero-order valence-electron chi connectivity index (χ0n) is 11.0. The minimum atomic E-state index is -3.78. The van der Waals surface area contributed by atoms with Crippen LogP contribution in [-0.2, 0) is 15.6 Å². The van der Waals surface area contributed by atoms with E-state index in [1.165, 1.54) is 29.8 Å². The van der Waals surface area contributed by atoms with E-state index >= 15 is 0 Å². The Hall–Kier alpha value is -1.55. The molecule has 0 unspecified atom stereocenters. The maximum atomic E-state index is 12.5. The van der Waals surface area contributed by atoms with Crippen LogP contribution in [0.1, 0.15) is 18.9 Å². The molecule has 0 spiro atoms. The number of hydrazine groups is 1. The van der Waals surface area contributed by atoms with Crippen LogP contribution in [0, 0.1) is 0 Å². The van der Waals surface area contributed by atoms with E-state index in [2.05, 4.69) is 20.1 Å². The Morgan fingerprint density at radius 2 is 2.10 bits per heavy atom. The van der Waals surface area contributed by atoms with E-state index in [1.54, 1.807) is 25.4 Å². The summed E-state index contributed by atoms with van der Waals surface area (Å²) in [5.74, 6) is 5.33. The van der Waals surface area contributed by atoms with Crippen LogP contribution < -0.4 is 16.0 Å². The molecule has 0 bridgehead atoms. The highest BCUT2D eigenvalue weighted by molar-refractivity contribution is 7.89. The highest BCUT2D eigenvalue weighted by atomic mass is 32.2. The van der Waals surface area contributed by atoms with Crippen molar-refractivity contribution in [3.8, 4) is 0 Å². The molecule has 2 aromatic heterocycles. The van der Waals surface area contributed by atoms with Crippen molar-refractivity contribution < 1.29 is 8.42 Å². The van der Waals surface area contributed by atoms with Crippen molar-refractivity contribution in [1.82, 2.24) is 14.7 Å². The van der Waals surface area contributed by atoms with Gasteiger partial charge in [0.05, 0.1) is 11.2 Å². The van der Waals surface area contributed by atoms with Gasteiger partial charge in [-0.1, -0.05) is 0 Å². The number of pyridine rings is 1. The standard InChI is InChI=1S/C11H15N5O2S2/c1-11(2,10-14-5-6-19-10)16-20(17,18)9-7-13-4-3-8(9)15-12/h3-7,16H,12H2,1-2H3,(H,13,15). The van der Waals surface area contributed by atoms with Crippen LogP contribution in [-0.4, -0.2) is 18.4 Å². The maximum absolute atomic E-state index is 12.5. The Kier molecular flexibility index (Phi) is 4.04. The zero-order valence-corrected chi connectivity index (χ0v) is 12.6. The molecule has 0 aliphatic heterocycles. The first-order valence-electron chi connectivity index (χ1n) is 5.71. The lowest BCUT2D eigenvalue weighted by molar-refractivity contribution is 0.470. The first-order valence-corrected chi connectivity index (χ1v) is 8.08. The number of nitrogens with two attached hydrogens (primary N) is 1. The first kappa shape index (κ1) is 14.9. The molecule has 0 fully saturated rings. The Balaban J connectivity index is 2.37. The van der Waals surface area contributed by atoms with E-state index in [-0.39, 0.29) is 10.6 Å². The van der Waals surface area contributed by atoms with Crippen LogP contribution >= 0.6 is 11.3 Å². The summed E-state index contributed by atoms with van der Waals surface area (Å²) in [6.07, 6.45) is 4.34. The average Bonchev–Trinajstić information content (AvgIpc) is 2.92. The van der Waals surface area contributed by atoms with Gasteiger partial charge in [0, 0.05) is 24.0 Å². The molecule has 0 amide bonds. The summed E-state index contributed by atoms with van der Waals surface area (Å²) in [6, 6.07) is 1.49. The molecule has 7 nitrogen and oxygen atoms in total. The number of nitrogen functional groups attached to an aromatic ring is 1. The van der Waals surface area contributed by atoms with Gasteiger partial charge in [-0.2, -0.15) is 4.72 Å². The van der Waals surface area contributed by atoms with E-state index in [1.807, 2.05) is 0 Å². The van der Waals surface area contributed by atoms with Crippen LogP contribution in [0.2, 0.25) is 0 Å². The lowest BCUT2D eigenvalue weighted by atomic mass is 10.1. The number of hydrogen-bond donors (Lipinski definition) is 3. The van der Waals surface area contributed by atoms with Gasteiger partial charge in [0.2, 0.25) is 10.0 Å². The molecule has 2 rings (SSSR count). The zero-order chi connectivity index (χ0) is 14.8. The molecule has 0 saturated heterocycles. The third kappa shape index (κ3) is 2.96. The molecule has 0 aromatic carbocycles. The molecule has 2 heterocycles. The number of aromatic nitrogens is 2. The summed E-state index contributed by atoms with van der Waals surface area (Å²) in [4.78, 5) is 7.96. The summed E-state index contributed by atoms with van der Waals surface area (Å²) in [5, 5.41) is 2.47. The molecule has 20 heavy (non-hydrogen) atoms. The fraction of sp³-hybridized carbons (Fsp3) is 0.273. The predicted molar refractivity (Wildman–Crippen MR) is 77.5 cm³/mol. The molecule has 0 saturated carbocycles. The molecule has 0 atom stereocenters. The molecule has 4 N–H and O–H groups in total. The molecule has 0 aliphatic carbocycles. The Bertz CT molecular complexity index is 683. The van der Waals surface area contributed by atoms with Gasteiger partial charge in [-0.05, 0) is 19.9 Å². The molecular weight excluding hydrogens is 298 g/mol. The second-order valence-corrected chi connectivity index (χ2v) is 7.13. The minimum absolute atomic E-state index is 0.00729. The second kappa shape index (κ2) is 5.44. The smallest absolute Gasteiger partial charge is 0.245 e. The monoisotopic (exact) mass is 313 g/mol. The summed E-state index contributed by atoms with van der Waals surface area (Å²) in [6.45, 7) is 3.49. The van der Waals surface area contributed by atoms with Gasteiger partial charge in [0.25, 0.3) is 0 Å². The number of rotatable bonds is 5. The second-order valence-electron chi connectivity index (χ2n) is 4.58. The first-order chi connectivity index (χ1) is 9.37. The number of hydrogen-bond acceptors (Lipinski definition) is 7. The maximum Gasteiger partial charge on any atom is 0.245 e. The number of anilines is 1. The number of thiazole rings is 1. The van der Waals surface area contributed by atoms with Gasteiger partial charge in [0.15, 0.2) is 0 Å². The topological polar surface area (TPSA) is 110 Å². The fourth-order valence-corrected chi connectivity index (χ4v) is 3.96. The van der Waals surface area contributed by atoms with Gasteiger partial charge in [-0.25, -0.2) is 13.4 Å². The largest absolute Gasteiger partial charge is 0.323 e. The Morgan fingerprint density at radius 1 is 1.35 bits per heavy atom. The molecule has 0 radical (unpaired) electrons. The highest BCUT2D eigenvalue weighted by Gasteiger charge is 2.31. The molecule has 2 aromatic rings. The van der Waals surface area contributed by atoms with Crippen molar-refractivity contribution in [2.45, 2.75) is 24.3 Å². The Morgan fingerprint density at radius 3 is 2.70 bits per heavy atom. The van der Waals surface area contributed by atoms with E-state index in [0.717, 1.165) is 0 Å². The van der Waals surface area contributed by atoms with Gasteiger partial charge in [-0.15, -0.1) is 11.3 Å². The molecule has 0 aliphatic rings. The van der Waals surface area contributed by atoms with Crippen LogP contribution in [0.4, 0.5) is 5.69 Å². The van der Waals surface area contributed by atoms with Crippen molar-refractivity contribution >= 4 is 27.0 Å². The summed E-state index contributed by atoms with van der Waals surface area (Å²) < 4.78 is 27.5. The number of nitrogens with one attached hydrogen (secondary N) is 2. The average molecular weight is 313 g/mol. The normalized spacial score (nSPS) is 12.3. The van der Waals surface area contributed by atoms with Crippen molar-refractivity contribution in [2.24, 2.45) is 5.84 Å². The number of sulfonamides is 1. The summed E-state index contributed by atoms with van der Waals surface area (Å²) in [5.41, 5.74) is 1.81. The van der Waals surface area contributed by atoms with Crippen LogP contribution in [0.25, 0.3) is 0 Å². The van der Waals surface area contributed by atoms with Crippen molar-refractivity contribution in [3.05, 3.63) is 35.0 Å². The van der Waals surface area contributed by atoms with E-state index in [0.29, 0.717) is 5.01 Å². The predicted octanol–water partition coefficient (Wildman–Crippen LogP) is 1.04. The third-order valence-corrected chi connectivity index (χ3v) is 5.37. The third-order valence-electron chi connectivity index (χ3n) is 2.59. The molecular formula is C11H15N5O2S2. The van der Waals surface area contributed by atoms with Crippen molar-refractivity contribution in [1.29, 1.82) is 0 Å². The minimum Gasteiger partial charge on any atom is -0.323 e. The van der Waals surface area contributed by atoms with E-state index in [4.69, 9.17) is 5.84 Å². The van der Waals surface area contributed by atoms with E-state index in [9.17, 15) is 8.42 Å². The van der Waals surface area contributed by atoms with Crippen molar-refractivity contribution in [2.75, 3.05) is 5.43 Å². The number of nitrogens with zero attached hydrogens (tertiary/aromatic N) is 2. The van der Waals surface area contributed by atoms with Crippen LogP contribution in [0.15, 0.2) is 34.9 Å². The fourth-order valence-electron chi connectivity index (χ4n) is 1.68. The Labute approximate surface area is 121 Å².